The fraction of sp³-hybridized carbons (Fsp3) is 0.267. The molecule has 0 radical (unpaired) electrons. The molecule has 24 heavy (non-hydrogen) atoms. The topological polar surface area (TPSA) is 120 Å². The highest BCUT2D eigenvalue weighted by Crippen LogP contribution is 2.27. The van der Waals surface area contributed by atoms with Crippen molar-refractivity contribution in [3.05, 3.63) is 72.0 Å². The van der Waals surface area contributed by atoms with Crippen molar-refractivity contribution in [3.8, 4) is 0 Å². The van der Waals surface area contributed by atoms with Crippen LogP contribution in [0.3, 0.4) is 0 Å². The predicted molar refractivity (Wildman–Crippen MR) is 86.4 cm³/mol. The molecule has 1 aliphatic heterocycles. The molecule has 0 bridgehead atoms. The summed E-state index contributed by atoms with van der Waals surface area (Å²) in [5.74, 6) is 0.240. The van der Waals surface area contributed by atoms with Crippen LogP contribution in [-0.4, -0.2) is 21.0 Å². The number of pyridine rings is 1. The van der Waals surface area contributed by atoms with Crippen LogP contribution in [0.1, 0.15) is 17.5 Å². The van der Waals surface area contributed by atoms with Crippen molar-refractivity contribution in [1.29, 1.82) is 0 Å². The van der Waals surface area contributed by atoms with Crippen molar-refractivity contribution in [2.24, 2.45) is 0 Å². The minimum absolute atomic E-state index is 0.0453. The molecule has 0 unspecified atom stereocenters. The molecule has 0 saturated carbocycles. The molecule has 3 rings (SSSR count). The van der Waals surface area contributed by atoms with Gasteiger partial charge in [0, 0.05) is 43.3 Å². The summed E-state index contributed by atoms with van der Waals surface area (Å²) in [7, 11) is 0. The minimum atomic E-state index is -0.511. The summed E-state index contributed by atoms with van der Waals surface area (Å²) < 4.78 is 1.39. The molecule has 0 fully saturated rings. The van der Waals surface area contributed by atoms with Crippen LogP contribution in [0.2, 0.25) is 0 Å². The van der Waals surface area contributed by atoms with Crippen LogP contribution < -0.4 is 10.9 Å². The second-order valence-electron chi connectivity index (χ2n) is 5.50. The van der Waals surface area contributed by atoms with Crippen molar-refractivity contribution in [3.63, 3.8) is 0 Å². The lowest BCUT2D eigenvalue weighted by molar-refractivity contribution is -0.384. The lowest BCUT2D eigenvalue weighted by atomic mass is 10.0. The first-order valence-electron chi connectivity index (χ1n) is 7.35. The van der Waals surface area contributed by atoms with E-state index in [1.165, 1.54) is 22.8 Å². The van der Waals surface area contributed by atoms with Crippen LogP contribution in [0.15, 0.2) is 35.1 Å². The number of nitrogens with zero attached hydrogens (tertiary/aromatic N) is 3. The first kappa shape index (κ1) is 15.7. The van der Waals surface area contributed by atoms with Gasteiger partial charge in [0.15, 0.2) is 5.82 Å². The maximum atomic E-state index is 12.6. The molecule has 1 aliphatic rings. The van der Waals surface area contributed by atoms with E-state index < -0.39 is 9.85 Å². The molecule has 2 aromatic rings. The van der Waals surface area contributed by atoms with Gasteiger partial charge in [0.25, 0.3) is 11.2 Å². The van der Waals surface area contributed by atoms with Crippen molar-refractivity contribution < 1.29 is 9.85 Å². The Kier molecular flexibility index (Phi) is 3.98. The zero-order valence-electron chi connectivity index (χ0n) is 12.6. The molecule has 124 valence electrons. The first-order chi connectivity index (χ1) is 11.5. The molecule has 9 heteroatoms. The van der Waals surface area contributed by atoms with Crippen LogP contribution in [0, 0.1) is 20.2 Å². The first-order valence-corrected chi connectivity index (χ1v) is 7.35. The van der Waals surface area contributed by atoms with Gasteiger partial charge in [-0.2, -0.15) is 0 Å². The molecular weight excluding hydrogens is 316 g/mol. The van der Waals surface area contributed by atoms with Crippen molar-refractivity contribution >= 4 is 17.2 Å². The van der Waals surface area contributed by atoms with E-state index in [2.05, 4.69) is 5.32 Å². The molecule has 0 amide bonds. The zero-order valence-corrected chi connectivity index (χ0v) is 12.6. The van der Waals surface area contributed by atoms with Crippen molar-refractivity contribution in [2.75, 3.05) is 11.9 Å². The summed E-state index contributed by atoms with van der Waals surface area (Å²) in [5, 5.41) is 24.9. The average molecular weight is 330 g/mol. The van der Waals surface area contributed by atoms with Gasteiger partial charge in [-0.3, -0.25) is 29.6 Å². The number of hydrogen-bond donors (Lipinski definition) is 1. The Balaban J connectivity index is 2.01. The Hall–Kier alpha value is -3.23. The Labute approximate surface area is 135 Å². The monoisotopic (exact) mass is 330 g/mol. The Bertz CT molecular complexity index is 873. The van der Waals surface area contributed by atoms with Crippen LogP contribution in [-0.2, 0) is 13.0 Å². The largest absolute Gasteiger partial charge is 0.366 e. The molecule has 9 nitrogen and oxygen atoms in total. The molecule has 1 N–H and O–H groups in total. The van der Waals surface area contributed by atoms with E-state index in [0.717, 1.165) is 0 Å². The fourth-order valence-corrected chi connectivity index (χ4v) is 2.77. The number of nitrogens with one attached hydrogen (secondary N) is 1. The third-order valence-corrected chi connectivity index (χ3v) is 3.93. The van der Waals surface area contributed by atoms with Gasteiger partial charge in [-0.25, -0.2) is 0 Å². The van der Waals surface area contributed by atoms with Gasteiger partial charge in [0.1, 0.15) is 0 Å². The van der Waals surface area contributed by atoms with Crippen LogP contribution in [0.5, 0.6) is 0 Å². The molecule has 1 aromatic carbocycles. The van der Waals surface area contributed by atoms with Gasteiger partial charge in [-0.05, 0) is 12.0 Å². The van der Waals surface area contributed by atoms with Gasteiger partial charge < -0.3 is 5.32 Å². The summed E-state index contributed by atoms with van der Waals surface area (Å²) in [6.45, 7) is 1.01. The predicted octanol–water partition coefficient (Wildman–Crippen LogP) is 2.07. The van der Waals surface area contributed by atoms with Gasteiger partial charge in [0.05, 0.1) is 9.85 Å². The maximum Gasteiger partial charge on any atom is 0.310 e. The highest BCUT2D eigenvalue weighted by atomic mass is 16.6. The standard InChI is InChI=1S/C15H14N4O5/c20-15-11(8-10-2-4-12(5-3-10)18(21)22)9-13(19(23)24)14-16-6-1-7-17(14)15/h2-5,9,16H,1,6-8H2. The second-order valence-corrected chi connectivity index (χ2v) is 5.50. The lowest BCUT2D eigenvalue weighted by Crippen LogP contribution is -2.31. The summed E-state index contributed by atoms with van der Waals surface area (Å²) in [4.78, 5) is 33.5. The second kappa shape index (κ2) is 6.11. The lowest BCUT2D eigenvalue weighted by Gasteiger charge is -2.20. The number of fused-ring (bicyclic) bond motifs is 1. The van der Waals surface area contributed by atoms with Gasteiger partial charge in [-0.1, -0.05) is 12.1 Å². The molecule has 0 aliphatic carbocycles. The zero-order chi connectivity index (χ0) is 17.3. The summed E-state index contributed by atoms with van der Waals surface area (Å²) in [6, 6.07) is 7.08. The maximum absolute atomic E-state index is 12.6. The third kappa shape index (κ3) is 2.83. The number of rotatable bonds is 4. The average Bonchev–Trinajstić information content (AvgIpc) is 2.57. The fourth-order valence-electron chi connectivity index (χ4n) is 2.77. The Morgan fingerprint density at radius 3 is 2.46 bits per heavy atom. The number of aromatic nitrogens is 1. The summed E-state index contributed by atoms with van der Waals surface area (Å²) >= 11 is 0. The summed E-state index contributed by atoms with van der Waals surface area (Å²) in [5.41, 5.74) is 0.516. The number of non-ortho nitro benzene ring substituents is 1. The van der Waals surface area contributed by atoms with E-state index >= 15 is 0 Å². The molecule has 0 spiro atoms. The Morgan fingerprint density at radius 2 is 1.83 bits per heavy atom. The molecular formula is C15H14N4O5. The van der Waals surface area contributed by atoms with Gasteiger partial charge in [0.2, 0.25) is 0 Å². The highest BCUT2D eigenvalue weighted by molar-refractivity contribution is 5.59. The van der Waals surface area contributed by atoms with Crippen LogP contribution in [0.4, 0.5) is 17.2 Å². The van der Waals surface area contributed by atoms with Crippen LogP contribution >= 0.6 is 0 Å². The van der Waals surface area contributed by atoms with E-state index in [0.29, 0.717) is 30.6 Å². The van der Waals surface area contributed by atoms with Gasteiger partial charge in [-0.15, -0.1) is 0 Å². The minimum Gasteiger partial charge on any atom is -0.366 e. The van der Waals surface area contributed by atoms with Crippen molar-refractivity contribution in [1.82, 2.24) is 4.57 Å². The quantitative estimate of drug-likeness (QED) is 0.676. The molecule has 1 aromatic heterocycles. The van der Waals surface area contributed by atoms with Crippen molar-refractivity contribution in [2.45, 2.75) is 19.4 Å². The number of nitro groups is 2. The molecule has 0 saturated heterocycles. The normalized spacial score (nSPS) is 13.0. The molecule has 2 heterocycles. The Morgan fingerprint density at radius 1 is 1.12 bits per heavy atom. The molecule has 0 atom stereocenters. The van der Waals surface area contributed by atoms with E-state index in [1.54, 1.807) is 12.1 Å². The SMILES string of the molecule is O=c1c(Cc2ccc([N+](=O)[O-])cc2)cc([N+](=O)[O-])c2n1CCCN2. The van der Waals surface area contributed by atoms with E-state index in [4.69, 9.17) is 0 Å². The number of anilines is 1. The number of benzene rings is 1. The van der Waals surface area contributed by atoms with Crippen LogP contribution in [0.25, 0.3) is 0 Å². The third-order valence-electron chi connectivity index (χ3n) is 3.93. The number of nitro benzene ring substituents is 1. The highest BCUT2D eigenvalue weighted by Gasteiger charge is 2.24. The van der Waals surface area contributed by atoms with E-state index in [9.17, 15) is 25.0 Å². The van der Waals surface area contributed by atoms with E-state index in [-0.39, 0.29) is 29.2 Å². The number of hydrogen-bond acceptors (Lipinski definition) is 6. The van der Waals surface area contributed by atoms with Gasteiger partial charge >= 0.3 is 5.69 Å². The summed E-state index contributed by atoms with van der Waals surface area (Å²) in [6.07, 6.45) is 0.892. The van der Waals surface area contributed by atoms with E-state index in [1.807, 2.05) is 0 Å². The smallest absolute Gasteiger partial charge is 0.310 e.